The number of nitrogens with one attached hydrogen (secondary N) is 2. The number of pyridine rings is 1. The van der Waals surface area contributed by atoms with E-state index in [0.717, 1.165) is 49.5 Å². The summed E-state index contributed by atoms with van der Waals surface area (Å²) in [5.74, 6) is -0.0194. The van der Waals surface area contributed by atoms with Crippen LogP contribution >= 0.6 is 0 Å². The number of anilines is 2. The lowest BCUT2D eigenvalue weighted by Gasteiger charge is -2.22. The van der Waals surface area contributed by atoms with Crippen molar-refractivity contribution in [2.45, 2.75) is 19.3 Å². The Hall–Kier alpha value is -2.40. The number of hydrogen-bond acceptors (Lipinski definition) is 4. The molecule has 1 saturated heterocycles. The first-order valence-electron chi connectivity index (χ1n) is 8.44. The first kappa shape index (κ1) is 16.5. The van der Waals surface area contributed by atoms with Gasteiger partial charge in [0.1, 0.15) is 0 Å². The lowest BCUT2D eigenvalue weighted by Crippen LogP contribution is -2.30. The second-order valence-electron chi connectivity index (χ2n) is 5.95. The van der Waals surface area contributed by atoms with E-state index in [9.17, 15) is 4.79 Å². The molecule has 5 heteroatoms. The fourth-order valence-electron chi connectivity index (χ4n) is 2.80. The minimum atomic E-state index is -0.0553. The predicted octanol–water partition coefficient (Wildman–Crippen LogP) is 3.10. The van der Waals surface area contributed by atoms with Crippen molar-refractivity contribution < 1.29 is 9.53 Å². The Morgan fingerprint density at radius 1 is 1.17 bits per heavy atom. The summed E-state index contributed by atoms with van der Waals surface area (Å²) in [6.45, 7) is 2.03. The molecule has 1 aliphatic rings. The molecule has 24 heavy (non-hydrogen) atoms. The van der Waals surface area contributed by atoms with E-state index < -0.39 is 0 Å². The number of carbonyl (C=O) groups excluding carboxylic acids is 1. The molecule has 1 fully saturated rings. The number of amides is 1. The van der Waals surface area contributed by atoms with E-state index in [-0.39, 0.29) is 11.8 Å². The highest BCUT2D eigenvalue weighted by Crippen LogP contribution is 2.23. The van der Waals surface area contributed by atoms with Gasteiger partial charge >= 0.3 is 0 Å². The summed E-state index contributed by atoms with van der Waals surface area (Å²) < 4.78 is 5.40. The summed E-state index contributed by atoms with van der Waals surface area (Å²) >= 11 is 0. The molecule has 5 nitrogen and oxygen atoms in total. The minimum Gasteiger partial charge on any atom is -0.383 e. The smallest absolute Gasteiger partial charge is 0.229 e. The van der Waals surface area contributed by atoms with E-state index >= 15 is 0 Å². The highest BCUT2D eigenvalue weighted by Gasteiger charge is 2.22. The third-order valence-corrected chi connectivity index (χ3v) is 4.14. The zero-order valence-electron chi connectivity index (χ0n) is 13.7. The molecule has 1 amide bonds. The van der Waals surface area contributed by atoms with Crippen molar-refractivity contribution in [1.82, 2.24) is 4.98 Å². The van der Waals surface area contributed by atoms with Crippen LogP contribution in [0.5, 0.6) is 0 Å². The average molecular weight is 325 g/mol. The third kappa shape index (κ3) is 4.55. The molecule has 1 aromatic carbocycles. The van der Waals surface area contributed by atoms with E-state index in [1.165, 1.54) is 0 Å². The van der Waals surface area contributed by atoms with Crippen LogP contribution in [0.15, 0.2) is 48.7 Å². The Labute approximate surface area is 142 Å². The summed E-state index contributed by atoms with van der Waals surface area (Å²) in [5.41, 5.74) is 2.79. The number of hydrogen-bond donors (Lipinski definition) is 2. The van der Waals surface area contributed by atoms with E-state index in [4.69, 9.17) is 4.74 Å². The van der Waals surface area contributed by atoms with E-state index in [1.54, 1.807) is 6.20 Å². The minimum absolute atomic E-state index is 0.0358. The Morgan fingerprint density at radius 3 is 2.75 bits per heavy atom. The monoisotopic (exact) mass is 325 g/mol. The average Bonchev–Trinajstić information content (AvgIpc) is 2.65. The molecule has 1 atom stereocenters. The van der Waals surface area contributed by atoms with Crippen LogP contribution in [0.4, 0.5) is 11.4 Å². The molecule has 0 unspecified atom stereocenters. The first-order chi connectivity index (χ1) is 11.8. The third-order valence-electron chi connectivity index (χ3n) is 4.14. The number of para-hydroxylation sites is 2. The highest BCUT2D eigenvalue weighted by molar-refractivity contribution is 5.95. The van der Waals surface area contributed by atoms with Crippen molar-refractivity contribution in [2.24, 2.45) is 5.92 Å². The Kier molecular flexibility index (Phi) is 5.80. The van der Waals surface area contributed by atoms with Crippen molar-refractivity contribution in [3.8, 4) is 0 Å². The lowest BCUT2D eigenvalue weighted by atomic mass is 10.0. The van der Waals surface area contributed by atoms with Crippen LogP contribution in [0.1, 0.15) is 18.5 Å². The molecular weight excluding hydrogens is 302 g/mol. The summed E-state index contributed by atoms with van der Waals surface area (Å²) in [6, 6.07) is 13.7. The quantitative estimate of drug-likeness (QED) is 0.856. The fraction of sp³-hybridized carbons (Fsp3) is 0.368. The largest absolute Gasteiger partial charge is 0.383 e. The van der Waals surface area contributed by atoms with Crippen LogP contribution in [0, 0.1) is 5.92 Å². The van der Waals surface area contributed by atoms with Crippen molar-refractivity contribution in [3.05, 3.63) is 54.4 Å². The number of nitrogens with zero attached hydrogens (tertiary/aromatic N) is 1. The lowest BCUT2D eigenvalue weighted by molar-refractivity contribution is -0.123. The van der Waals surface area contributed by atoms with Crippen LogP contribution in [-0.4, -0.2) is 30.6 Å². The molecule has 1 aliphatic heterocycles. The van der Waals surface area contributed by atoms with E-state index in [2.05, 4.69) is 15.6 Å². The van der Waals surface area contributed by atoms with Crippen LogP contribution in [0.3, 0.4) is 0 Å². The number of rotatable bonds is 6. The highest BCUT2D eigenvalue weighted by atomic mass is 16.5. The van der Waals surface area contributed by atoms with Gasteiger partial charge in [-0.15, -0.1) is 0 Å². The molecule has 2 heterocycles. The predicted molar refractivity (Wildman–Crippen MR) is 95.0 cm³/mol. The summed E-state index contributed by atoms with van der Waals surface area (Å²) in [7, 11) is 0. The van der Waals surface area contributed by atoms with Crippen molar-refractivity contribution in [1.29, 1.82) is 0 Å². The van der Waals surface area contributed by atoms with Crippen LogP contribution < -0.4 is 10.6 Å². The molecular formula is C19H23N3O2. The first-order valence-corrected chi connectivity index (χ1v) is 8.44. The van der Waals surface area contributed by atoms with Crippen molar-refractivity contribution >= 4 is 17.3 Å². The summed E-state index contributed by atoms with van der Waals surface area (Å²) in [6.07, 6.45) is 4.47. The zero-order chi connectivity index (χ0) is 16.6. The van der Waals surface area contributed by atoms with Gasteiger partial charge in [-0.1, -0.05) is 18.2 Å². The Bertz CT molecular complexity index is 655. The fourth-order valence-corrected chi connectivity index (χ4v) is 2.80. The topological polar surface area (TPSA) is 63.2 Å². The van der Waals surface area contributed by atoms with Gasteiger partial charge in [0.15, 0.2) is 0 Å². The maximum atomic E-state index is 12.4. The number of carbonyl (C=O) groups is 1. The van der Waals surface area contributed by atoms with Crippen LogP contribution in [0.25, 0.3) is 0 Å². The van der Waals surface area contributed by atoms with Gasteiger partial charge < -0.3 is 15.4 Å². The molecule has 2 N–H and O–H groups in total. The van der Waals surface area contributed by atoms with Crippen molar-refractivity contribution in [3.63, 3.8) is 0 Å². The summed E-state index contributed by atoms with van der Waals surface area (Å²) in [5, 5.41) is 6.42. The maximum absolute atomic E-state index is 12.4. The number of ether oxygens (including phenoxy) is 1. The van der Waals surface area contributed by atoms with Crippen molar-refractivity contribution in [2.75, 3.05) is 30.4 Å². The molecule has 1 aromatic heterocycles. The second kappa shape index (κ2) is 8.45. The van der Waals surface area contributed by atoms with Gasteiger partial charge in [-0.05, 0) is 37.1 Å². The van der Waals surface area contributed by atoms with Gasteiger partial charge in [0.05, 0.1) is 23.9 Å². The Morgan fingerprint density at radius 2 is 2.00 bits per heavy atom. The molecule has 126 valence electrons. The number of benzene rings is 1. The normalized spacial score (nSPS) is 17.2. The molecule has 0 aliphatic carbocycles. The maximum Gasteiger partial charge on any atom is 0.229 e. The molecule has 0 saturated carbocycles. The van der Waals surface area contributed by atoms with Crippen LogP contribution in [-0.2, 0) is 16.0 Å². The Balaban J connectivity index is 1.57. The van der Waals surface area contributed by atoms with Gasteiger partial charge in [-0.3, -0.25) is 9.78 Å². The van der Waals surface area contributed by atoms with Gasteiger partial charge in [0, 0.05) is 31.5 Å². The SMILES string of the molecule is O=C(Nc1ccccc1NCCc1ccccn1)[C@@H]1CCCOC1. The zero-order valence-corrected chi connectivity index (χ0v) is 13.7. The molecule has 0 radical (unpaired) electrons. The molecule has 2 aromatic rings. The standard InChI is InChI=1S/C19H23N3O2/c23-19(15-6-5-13-24-14-15)22-18-9-2-1-8-17(18)21-12-10-16-7-3-4-11-20-16/h1-4,7-9,11,15,21H,5-6,10,12-14H2,(H,22,23)/t15-/m1/s1. The number of aromatic nitrogens is 1. The summed E-state index contributed by atoms with van der Waals surface area (Å²) in [4.78, 5) is 16.7. The second-order valence-corrected chi connectivity index (χ2v) is 5.95. The van der Waals surface area contributed by atoms with Crippen LogP contribution in [0.2, 0.25) is 0 Å². The van der Waals surface area contributed by atoms with E-state index in [0.29, 0.717) is 6.61 Å². The van der Waals surface area contributed by atoms with Gasteiger partial charge in [0.2, 0.25) is 5.91 Å². The molecule has 3 rings (SSSR count). The molecule has 0 spiro atoms. The van der Waals surface area contributed by atoms with Gasteiger partial charge in [-0.25, -0.2) is 0 Å². The van der Waals surface area contributed by atoms with E-state index in [1.807, 2.05) is 42.5 Å². The molecule has 0 bridgehead atoms. The van der Waals surface area contributed by atoms with Gasteiger partial charge in [0.25, 0.3) is 0 Å². The van der Waals surface area contributed by atoms with Gasteiger partial charge in [-0.2, -0.15) is 0 Å².